The van der Waals surface area contributed by atoms with Crippen molar-refractivity contribution in [2.24, 2.45) is 0 Å². The second kappa shape index (κ2) is 7.44. The molecule has 0 fully saturated rings. The summed E-state index contributed by atoms with van der Waals surface area (Å²) >= 11 is 1.53. The quantitative estimate of drug-likeness (QED) is 0.654. The van der Waals surface area contributed by atoms with E-state index in [2.05, 4.69) is 4.98 Å². The van der Waals surface area contributed by atoms with Gasteiger partial charge in [0.2, 0.25) is 0 Å². The second-order valence-corrected chi connectivity index (χ2v) is 6.46. The van der Waals surface area contributed by atoms with Crippen LogP contribution < -0.4 is 4.90 Å². The van der Waals surface area contributed by atoms with Crippen molar-refractivity contribution < 1.29 is 14.3 Å². The third-order valence-corrected chi connectivity index (χ3v) is 4.65. The van der Waals surface area contributed by atoms with Crippen molar-refractivity contribution in [3.8, 4) is 0 Å². The number of aromatic nitrogens is 1. The Morgan fingerprint density at radius 3 is 2.80 bits per heavy atom. The first kappa shape index (κ1) is 17.1. The number of hydrogen-bond acceptors (Lipinski definition) is 5. The van der Waals surface area contributed by atoms with Crippen LogP contribution >= 0.6 is 11.3 Å². The molecule has 0 bridgehead atoms. The normalized spacial score (nSPS) is 10.6. The monoisotopic (exact) mass is 354 g/mol. The van der Waals surface area contributed by atoms with Crippen LogP contribution in [0.2, 0.25) is 0 Å². The molecule has 5 nitrogen and oxygen atoms in total. The molecule has 0 aliphatic heterocycles. The van der Waals surface area contributed by atoms with Crippen molar-refractivity contribution in [2.45, 2.75) is 13.8 Å². The summed E-state index contributed by atoms with van der Waals surface area (Å²) in [6.07, 6.45) is 1.55. The van der Waals surface area contributed by atoms with Crippen LogP contribution in [0, 0.1) is 6.92 Å². The van der Waals surface area contributed by atoms with Gasteiger partial charge in [-0.1, -0.05) is 18.2 Å². The Balaban J connectivity index is 1.98. The van der Waals surface area contributed by atoms with E-state index in [1.165, 1.54) is 16.2 Å². The average molecular weight is 354 g/mol. The number of carbonyl (C=O) groups excluding carboxylic acids is 2. The number of rotatable bonds is 5. The first-order valence-electron chi connectivity index (χ1n) is 7.96. The summed E-state index contributed by atoms with van der Waals surface area (Å²) in [4.78, 5) is 30.9. The Hall–Kier alpha value is -2.73. The number of benzene rings is 1. The first-order chi connectivity index (χ1) is 12.1. The molecule has 3 aromatic rings. The summed E-state index contributed by atoms with van der Waals surface area (Å²) in [5.41, 5.74) is 2.90. The zero-order valence-corrected chi connectivity index (χ0v) is 14.9. The van der Waals surface area contributed by atoms with Crippen LogP contribution in [0.3, 0.4) is 0 Å². The van der Waals surface area contributed by atoms with Gasteiger partial charge in [0, 0.05) is 11.9 Å². The molecule has 0 N–H and O–H groups in total. The van der Waals surface area contributed by atoms with Crippen LogP contribution in [0.5, 0.6) is 0 Å². The van der Waals surface area contributed by atoms with Crippen molar-refractivity contribution in [3.05, 3.63) is 59.1 Å². The van der Waals surface area contributed by atoms with Gasteiger partial charge in [-0.15, -0.1) is 11.3 Å². The van der Waals surface area contributed by atoms with E-state index in [1.807, 2.05) is 48.7 Å². The van der Waals surface area contributed by atoms with Gasteiger partial charge in [0.25, 0.3) is 5.91 Å². The molecule has 25 heavy (non-hydrogen) atoms. The van der Waals surface area contributed by atoms with Gasteiger partial charge in [-0.05, 0) is 43.0 Å². The van der Waals surface area contributed by atoms with E-state index in [-0.39, 0.29) is 19.1 Å². The van der Waals surface area contributed by atoms with Crippen molar-refractivity contribution >= 4 is 39.1 Å². The van der Waals surface area contributed by atoms with Crippen molar-refractivity contribution in [1.82, 2.24) is 4.98 Å². The molecule has 0 aliphatic carbocycles. The summed E-state index contributed by atoms with van der Waals surface area (Å²) in [5.74, 6) is -0.714. The molecule has 3 rings (SSSR count). The second-order valence-electron chi connectivity index (χ2n) is 5.51. The van der Waals surface area contributed by atoms with Gasteiger partial charge in [0.15, 0.2) is 0 Å². The molecule has 1 amide bonds. The first-order valence-corrected chi connectivity index (χ1v) is 8.84. The fraction of sp³-hybridized carbons (Fsp3) is 0.211. The van der Waals surface area contributed by atoms with E-state index < -0.39 is 5.97 Å². The number of amides is 1. The standard InChI is InChI=1S/C19H18N2O3S/c1-3-24-18(22)12-21(16-7-5-4-6-13(16)2)19(23)14-10-17-15(20-11-14)8-9-25-17/h4-11H,3,12H2,1-2H3. The van der Waals surface area contributed by atoms with Crippen LogP contribution in [-0.4, -0.2) is 30.0 Å². The summed E-state index contributed by atoms with van der Waals surface area (Å²) in [7, 11) is 0. The smallest absolute Gasteiger partial charge is 0.326 e. The predicted octanol–water partition coefficient (Wildman–Crippen LogP) is 3.81. The van der Waals surface area contributed by atoms with E-state index in [4.69, 9.17) is 4.74 Å². The van der Waals surface area contributed by atoms with Crippen molar-refractivity contribution in [2.75, 3.05) is 18.1 Å². The van der Waals surface area contributed by atoms with E-state index in [0.29, 0.717) is 11.3 Å². The van der Waals surface area contributed by atoms with Gasteiger partial charge in [0.05, 0.1) is 22.4 Å². The van der Waals surface area contributed by atoms with Gasteiger partial charge in [-0.25, -0.2) is 0 Å². The highest BCUT2D eigenvalue weighted by Gasteiger charge is 2.23. The highest BCUT2D eigenvalue weighted by molar-refractivity contribution is 7.17. The third kappa shape index (κ3) is 3.69. The molecule has 6 heteroatoms. The minimum atomic E-state index is -0.440. The lowest BCUT2D eigenvalue weighted by Gasteiger charge is -2.23. The van der Waals surface area contributed by atoms with Crippen molar-refractivity contribution in [1.29, 1.82) is 0 Å². The maximum Gasteiger partial charge on any atom is 0.326 e. The van der Waals surface area contributed by atoms with Gasteiger partial charge in [-0.2, -0.15) is 0 Å². The minimum Gasteiger partial charge on any atom is -0.465 e. The molecule has 0 aliphatic rings. The van der Waals surface area contributed by atoms with Crippen LogP contribution in [0.25, 0.3) is 10.2 Å². The highest BCUT2D eigenvalue weighted by Crippen LogP contribution is 2.24. The third-order valence-electron chi connectivity index (χ3n) is 3.79. The molecule has 2 aromatic heterocycles. The summed E-state index contributed by atoms with van der Waals surface area (Å²) in [6, 6.07) is 11.2. The average Bonchev–Trinajstić information content (AvgIpc) is 3.08. The number of hydrogen-bond donors (Lipinski definition) is 0. The fourth-order valence-electron chi connectivity index (χ4n) is 2.59. The predicted molar refractivity (Wildman–Crippen MR) is 99.1 cm³/mol. The van der Waals surface area contributed by atoms with E-state index in [0.717, 1.165) is 15.8 Å². The fourth-order valence-corrected chi connectivity index (χ4v) is 3.37. The Morgan fingerprint density at radius 1 is 1.24 bits per heavy atom. The summed E-state index contributed by atoms with van der Waals surface area (Å²) in [6.45, 7) is 3.78. The maximum atomic E-state index is 13.1. The topological polar surface area (TPSA) is 59.5 Å². The largest absolute Gasteiger partial charge is 0.465 e. The number of esters is 1. The number of para-hydroxylation sites is 1. The lowest BCUT2D eigenvalue weighted by atomic mass is 10.1. The highest BCUT2D eigenvalue weighted by atomic mass is 32.1. The molecule has 0 atom stereocenters. The number of thiophene rings is 1. The SMILES string of the molecule is CCOC(=O)CN(C(=O)c1cnc2ccsc2c1)c1ccccc1C. The number of fused-ring (bicyclic) bond motifs is 1. The zero-order valence-electron chi connectivity index (χ0n) is 14.1. The number of ether oxygens (including phenoxy) is 1. The Morgan fingerprint density at radius 2 is 2.04 bits per heavy atom. The maximum absolute atomic E-state index is 13.1. The Kier molecular flexibility index (Phi) is 5.09. The molecule has 0 saturated carbocycles. The molecular formula is C19H18N2O3S. The molecule has 1 aromatic carbocycles. The van der Waals surface area contributed by atoms with Crippen LogP contribution in [0.1, 0.15) is 22.8 Å². The van der Waals surface area contributed by atoms with Crippen LogP contribution in [-0.2, 0) is 9.53 Å². The van der Waals surface area contributed by atoms with E-state index >= 15 is 0 Å². The summed E-state index contributed by atoms with van der Waals surface area (Å²) in [5, 5.41) is 1.93. The Bertz CT molecular complexity index is 920. The summed E-state index contributed by atoms with van der Waals surface area (Å²) < 4.78 is 5.97. The van der Waals surface area contributed by atoms with Crippen LogP contribution in [0.15, 0.2) is 48.0 Å². The lowest BCUT2D eigenvalue weighted by Crippen LogP contribution is -2.37. The minimum absolute atomic E-state index is 0.139. The number of carbonyl (C=O) groups is 2. The number of pyridine rings is 1. The molecule has 2 heterocycles. The van der Waals surface area contributed by atoms with E-state index in [9.17, 15) is 9.59 Å². The van der Waals surface area contributed by atoms with Gasteiger partial charge in [0.1, 0.15) is 6.54 Å². The molecule has 0 unspecified atom stereocenters. The van der Waals surface area contributed by atoms with Gasteiger partial charge >= 0.3 is 5.97 Å². The van der Waals surface area contributed by atoms with Gasteiger partial charge in [-0.3, -0.25) is 19.5 Å². The van der Waals surface area contributed by atoms with Crippen molar-refractivity contribution in [3.63, 3.8) is 0 Å². The lowest BCUT2D eigenvalue weighted by molar-refractivity contribution is -0.141. The number of anilines is 1. The van der Waals surface area contributed by atoms with Gasteiger partial charge < -0.3 is 4.74 Å². The molecule has 0 saturated heterocycles. The Labute approximate surface area is 149 Å². The molecule has 0 radical (unpaired) electrons. The molecule has 128 valence electrons. The molecule has 0 spiro atoms. The van der Waals surface area contributed by atoms with Crippen LogP contribution in [0.4, 0.5) is 5.69 Å². The molecular weight excluding hydrogens is 336 g/mol. The van der Waals surface area contributed by atoms with E-state index in [1.54, 1.807) is 13.1 Å². The number of nitrogens with zero attached hydrogens (tertiary/aromatic N) is 2. The zero-order chi connectivity index (χ0) is 17.8. The number of aryl methyl sites for hydroxylation is 1.